The maximum atomic E-state index is 10.2. The number of para-hydroxylation sites is 1. The molecular weight excluding hydrogens is 228 g/mol. The van der Waals surface area contributed by atoms with Crippen LogP contribution in [-0.4, -0.2) is 33.7 Å². The molecule has 1 aromatic heterocycles. The number of aryl methyl sites for hydroxylation is 1. The maximum absolute atomic E-state index is 10.2. The van der Waals surface area contributed by atoms with Crippen molar-refractivity contribution >= 4 is 10.9 Å². The Morgan fingerprint density at radius 1 is 1.50 bits per heavy atom. The average Bonchev–Trinajstić information content (AvgIpc) is 3.00. The van der Waals surface area contributed by atoms with E-state index >= 15 is 0 Å². The maximum Gasteiger partial charge on any atom is 0.0858 e. The lowest BCUT2D eigenvalue weighted by atomic mass is 10.0. The fourth-order valence-corrected chi connectivity index (χ4v) is 2.68. The van der Waals surface area contributed by atoms with Crippen LogP contribution in [0.15, 0.2) is 24.3 Å². The molecule has 1 saturated heterocycles. The van der Waals surface area contributed by atoms with Crippen molar-refractivity contribution in [2.24, 2.45) is 7.05 Å². The highest BCUT2D eigenvalue weighted by Crippen LogP contribution is 2.22. The van der Waals surface area contributed by atoms with Crippen molar-refractivity contribution in [1.82, 2.24) is 9.78 Å². The second-order valence-corrected chi connectivity index (χ2v) is 4.91. The second kappa shape index (κ2) is 4.71. The Bertz CT molecular complexity index is 544. The normalized spacial score (nSPS) is 21.6. The van der Waals surface area contributed by atoms with E-state index in [2.05, 4.69) is 11.2 Å². The van der Waals surface area contributed by atoms with Gasteiger partial charge < -0.3 is 9.84 Å². The number of hydrogen-bond donors (Lipinski definition) is 1. The van der Waals surface area contributed by atoms with Gasteiger partial charge in [0.05, 0.1) is 23.4 Å². The third-order valence-electron chi connectivity index (χ3n) is 3.63. The Hall–Kier alpha value is -1.39. The number of fused-ring (bicyclic) bond motifs is 1. The van der Waals surface area contributed by atoms with E-state index in [-0.39, 0.29) is 6.10 Å². The lowest BCUT2D eigenvalue weighted by Gasteiger charge is -2.16. The van der Waals surface area contributed by atoms with Crippen LogP contribution in [0, 0.1) is 0 Å². The molecule has 1 aliphatic heterocycles. The SMILES string of the molecule is Cn1nc(CC(O)C2CCCO2)c2ccccc21. The molecule has 1 fully saturated rings. The van der Waals surface area contributed by atoms with Gasteiger partial charge in [0.2, 0.25) is 0 Å². The number of aromatic nitrogens is 2. The molecular formula is C14H18N2O2. The smallest absolute Gasteiger partial charge is 0.0858 e. The van der Waals surface area contributed by atoms with Crippen LogP contribution in [0.3, 0.4) is 0 Å². The van der Waals surface area contributed by atoms with Gasteiger partial charge in [-0.25, -0.2) is 0 Å². The molecule has 3 rings (SSSR count). The van der Waals surface area contributed by atoms with Crippen molar-refractivity contribution in [3.63, 3.8) is 0 Å². The van der Waals surface area contributed by atoms with Gasteiger partial charge in [-0.15, -0.1) is 0 Å². The zero-order valence-corrected chi connectivity index (χ0v) is 10.5. The molecule has 4 heteroatoms. The quantitative estimate of drug-likeness (QED) is 0.896. The van der Waals surface area contributed by atoms with Crippen molar-refractivity contribution in [1.29, 1.82) is 0 Å². The molecule has 2 heterocycles. The van der Waals surface area contributed by atoms with E-state index in [1.165, 1.54) is 0 Å². The summed E-state index contributed by atoms with van der Waals surface area (Å²) in [5.74, 6) is 0. The van der Waals surface area contributed by atoms with Gasteiger partial charge in [-0.2, -0.15) is 5.10 Å². The number of aliphatic hydroxyl groups excluding tert-OH is 1. The first-order valence-electron chi connectivity index (χ1n) is 6.46. The van der Waals surface area contributed by atoms with E-state index in [1.54, 1.807) is 0 Å². The van der Waals surface area contributed by atoms with Crippen LogP contribution >= 0.6 is 0 Å². The van der Waals surface area contributed by atoms with Gasteiger partial charge in [-0.05, 0) is 18.9 Å². The predicted molar refractivity (Wildman–Crippen MR) is 69.4 cm³/mol. The number of hydrogen-bond acceptors (Lipinski definition) is 3. The molecule has 2 atom stereocenters. The summed E-state index contributed by atoms with van der Waals surface area (Å²) in [5.41, 5.74) is 2.06. The highest BCUT2D eigenvalue weighted by molar-refractivity contribution is 5.81. The fourth-order valence-electron chi connectivity index (χ4n) is 2.68. The van der Waals surface area contributed by atoms with Crippen LogP contribution in [0.1, 0.15) is 18.5 Å². The summed E-state index contributed by atoms with van der Waals surface area (Å²) >= 11 is 0. The molecule has 0 aliphatic carbocycles. The molecule has 2 aromatic rings. The lowest BCUT2D eigenvalue weighted by molar-refractivity contribution is -0.00112. The van der Waals surface area contributed by atoms with Gasteiger partial charge in [0, 0.05) is 25.5 Å². The minimum absolute atomic E-state index is 0.0224. The summed E-state index contributed by atoms with van der Waals surface area (Å²) in [6.45, 7) is 0.769. The minimum atomic E-state index is -0.453. The summed E-state index contributed by atoms with van der Waals surface area (Å²) in [5, 5.41) is 15.8. The zero-order valence-electron chi connectivity index (χ0n) is 10.5. The van der Waals surface area contributed by atoms with Gasteiger partial charge in [0.25, 0.3) is 0 Å². The van der Waals surface area contributed by atoms with E-state index in [4.69, 9.17) is 4.74 Å². The van der Waals surface area contributed by atoms with E-state index in [1.807, 2.05) is 29.9 Å². The molecule has 1 N–H and O–H groups in total. The number of rotatable bonds is 3. The monoisotopic (exact) mass is 246 g/mol. The Labute approximate surface area is 106 Å². The van der Waals surface area contributed by atoms with Crippen LogP contribution in [0.5, 0.6) is 0 Å². The second-order valence-electron chi connectivity index (χ2n) is 4.91. The summed E-state index contributed by atoms with van der Waals surface area (Å²) in [4.78, 5) is 0. The van der Waals surface area contributed by atoms with Gasteiger partial charge in [0.1, 0.15) is 0 Å². The standard InChI is InChI=1S/C14H18N2O2/c1-16-12-6-3-2-5-10(12)11(15-16)9-13(17)14-7-4-8-18-14/h2-3,5-6,13-14,17H,4,7-9H2,1H3. The van der Waals surface area contributed by atoms with Crippen LogP contribution in [-0.2, 0) is 18.2 Å². The third-order valence-corrected chi connectivity index (χ3v) is 3.63. The molecule has 0 radical (unpaired) electrons. The molecule has 1 aromatic carbocycles. The number of benzene rings is 1. The molecule has 18 heavy (non-hydrogen) atoms. The first-order chi connectivity index (χ1) is 8.75. The Kier molecular flexibility index (Phi) is 3.06. The largest absolute Gasteiger partial charge is 0.390 e. The minimum Gasteiger partial charge on any atom is -0.390 e. The highest BCUT2D eigenvalue weighted by atomic mass is 16.5. The Morgan fingerprint density at radius 3 is 3.11 bits per heavy atom. The van der Waals surface area contributed by atoms with Gasteiger partial charge >= 0.3 is 0 Å². The van der Waals surface area contributed by atoms with Crippen LogP contribution in [0.2, 0.25) is 0 Å². The van der Waals surface area contributed by atoms with Crippen molar-refractivity contribution in [2.45, 2.75) is 31.5 Å². The Morgan fingerprint density at radius 2 is 2.33 bits per heavy atom. The van der Waals surface area contributed by atoms with E-state index in [0.717, 1.165) is 36.0 Å². The predicted octanol–water partition coefficient (Wildman–Crippen LogP) is 1.66. The highest BCUT2D eigenvalue weighted by Gasteiger charge is 2.25. The summed E-state index contributed by atoms with van der Waals surface area (Å²) in [7, 11) is 1.93. The first-order valence-corrected chi connectivity index (χ1v) is 6.46. The van der Waals surface area contributed by atoms with Gasteiger partial charge in [0.15, 0.2) is 0 Å². The van der Waals surface area contributed by atoms with E-state index < -0.39 is 6.10 Å². The number of aliphatic hydroxyl groups is 1. The third kappa shape index (κ3) is 2.02. The van der Waals surface area contributed by atoms with Crippen LogP contribution in [0.4, 0.5) is 0 Å². The fraction of sp³-hybridized carbons (Fsp3) is 0.500. The summed E-state index contributed by atoms with van der Waals surface area (Å²) in [6.07, 6.45) is 2.08. The molecule has 4 nitrogen and oxygen atoms in total. The molecule has 0 bridgehead atoms. The Balaban J connectivity index is 1.86. The molecule has 2 unspecified atom stereocenters. The number of ether oxygens (including phenoxy) is 1. The van der Waals surface area contributed by atoms with Gasteiger partial charge in [-0.3, -0.25) is 4.68 Å². The molecule has 1 aliphatic rings. The molecule has 0 spiro atoms. The van der Waals surface area contributed by atoms with Gasteiger partial charge in [-0.1, -0.05) is 18.2 Å². The van der Waals surface area contributed by atoms with Crippen LogP contribution in [0.25, 0.3) is 10.9 Å². The van der Waals surface area contributed by atoms with Crippen molar-refractivity contribution < 1.29 is 9.84 Å². The number of nitrogens with zero attached hydrogens (tertiary/aromatic N) is 2. The molecule has 0 saturated carbocycles. The molecule has 96 valence electrons. The zero-order chi connectivity index (χ0) is 12.5. The topological polar surface area (TPSA) is 47.3 Å². The summed E-state index contributed by atoms with van der Waals surface area (Å²) in [6, 6.07) is 8.11. The van der Waals surface area contributed by atoms with Crippen molar-refractivity contribution in [2.75, 3.05) is 6.61 Å². The summed E-state index contributed by atoms with van der Waals surface area (Å²) < 4.78 is 7.39. The van der Waals surface area contributed by atoms with Crippen molar-refractivity contribution in [3.8, 4) is 0 Å². The van der Waals surface area contributed by atoms with E-state index in [9.17, 15) is 5.11 Å². The van der Waals surface area contributed by atoms with Crippen molar-refractivity contribution in [3.05, 3.63) is 30.0 Å². The average molecular weight is 246 g/mol. The molecule has 0 amide bonds. The lowest BCUT2D eigenvalue weighted by Crippen LogP contribution is -2.27. The van der Waals surface area contributed by atoms with E-state index in [0.29, 0.717) is 6.42 Å². The first kappa shape index (κ1) is 11.7. The van der Waals surface area contributed by atoms with Crippen LogP contribution < -0.4 is 0 Å².